The van der Waals surface area contributed by atoms with Crippen molar-refractivity contribution in [2.24, 2.45) is 57.4 Å². The molecule has 5 nitrogen and oxygen atoms in total. The first-order valence-electron chi connectivity index (χ1n) is 11.9. The molecule has 1 saturated heterocycles. The SMILES string of the molecule is C[C@]12CCC3C(C1[C@@H]1C[C@@H]1[C@@]21CCC(=O)O1)[C@H]1C[C@H]1[C@]1(N=O)CC(=O)CC[C@]31C. The van der Waals surface area contributed by atoms with Crippen LogP contribution in [-0.4, -0.2) is 22.9 Å². The van der Waals surface area contributed by atoms with E-state index < -0.39 is 5.54 Å². The Morgan fingerprint density at radius 1 is 0.931 bits per heavy atom. The molecule has 7 aliphatic rings. The summed E-state index contributed by atoms with van der Waals surface area (Å²) in [6, 6.07) is 0. The van der Waals surface area contributed by atoms with Gasteiger partial charge in [0.25, 0.3) is 0 Å². The molecule has 0 radical (unpaired) electrons. The molecule has 6 aliphatic carbocycles. The number of hydrogen-bond donors (Lipinski definition) is 0. The van der Waals surface area contributed by atoms with Gasteiger partial charge in [-0.3, -0.25) is 9.59 Å². The molecule has 0 aromatic heterocycles. The smallest absolute Gasteiger partial charge is 0.306 e. The number of Topliss-reactive ketones (excluding diaryl/α,β-unsaturated/α-hetero) is 1. The second-order valence-corrected chi connectivity index (χ2v) is 12.2. The van der Waals surface area contributed by atoms with Gasteiger partial charge in [0.05, 0.1) is 0 Å². The fourth-order valence-corrected chi connectivity index (χ4v) is 10.5. The molecule has 6 saturated carbocycles. The predicted octanol–water partition coefficient (Wildman–Crippen LogP) is 4.27. The van der Waals surface area contributed by atoms with E-state index in [2.05, 4.69) is 19.0 Å². The highest BCUT2D eigenvalue weighted by Crippen LogP contribution is 2.83. The highest BCUT2D eigenvalue weighted by Gasteiger charge is 2.83. The number of carbonyl (C=O) groups is 2. The molecule has 1 aliphatic heterocycles. The number of fused-ring (bicyclic) bond motifs is 12. The zero-order chi connectivity index (χ0) is 20.0. The third-order valence-corrected chi connectivity index (χ3v) is 11.8. The van der Waals surface area contributed by atoms with E-state index in [-0.39, 0.29) is 28.2 Å². The molecular weight excluding hydrogens is 366 g/mol. The molecule has 29 heavy (non-hydrogen) atoms. The van der Waals surface area contributed by atoms with Crippen molar-refractivity contribution in [1.29, 1.82) is 0 Å². The third kappa shape index (κ3) is 1.65. The molecule has 0 N–H and O–H groups in total. The van der Waals surface area contributed by atoms with Crippen LogP contribution in [0.2, 0.25) is 0 Å². The van der Waals surface area contributed by atoms with E-state index in [1.165, 1.54) is 6.42 Å². The predicted molar refractivity (Wildman–Crippen MR) is 105 cm³/mol. The van der Waals surface area contributed by atoms with Crippen LogP contribution in [0.1, 0.15) is 71.6 Å². The van der Waals surface area contributed by atoms with Crippen LogP contribution < -0.4 is 0 Å². The maximum Gasteiger partial charge on any atom is 0.306 e. The number of nitrogens with zero attached hydrogens (tertiary/aromatic N) is 1. The van der Waals surface area contributed by atoms with Gasteiger partial charge in [-0.25, -0.2) is 0 Å². The molecular formula is C24H31NO4. The minimum atomic E-state index is -0.652. The molecule has 5 heteroatoms. The van der Waals surface area contributed by atoms with Gasteiger partial charge in [-0.05, 0) is 74.0 Å². The van der Waals surface area contributed by atoms with Gasteiger partial charge in [0.1, 0.15) is 16.9 Å². The van der Waals surface area contributed by atoms with Crippen LogP contribution in [0.3, 0.4) is 0 Å². The summed E-state index contributed by atoms with van der Waals surface area (Å²) in [4.78, 5) is 36.9. The minimum absolute atomic E-state index is 0.00881. The van der Waals surface area contributed by atoms with Crippen molar-refractivity contribution >= 4 is 11.8 Å². The van der Waals surface area contributed by atoms with Gasteiger partial charge in [0, 0.05) is 36.0 Å². The maximum atomic E-state index is 12.4. The Balaban J connectivity index is 1.33. The molecule has 3 unspecified atom stereocenters. The summed E-state index contributed by atoms with van der Waals surface area (Å²) in [5, 5.41) is 3.81. The lowest BCUT2D eigenvalue weighted by atomic mass is 9.41. The highest BCUT2D eigenvalue weighted by molar-refractivity contribution is 5.81. The molecule has 7 fully saturated rings. The number of rotatable bonds is 1. The Morgan fingerprint density at radius 2 is 1.72 bits per heavy atom. The van der Waals surface area contributed by atoms with Gasteiger partial charge < -0.3 is 4.74 Å². The molecule has 11 atom stereocenters. The van der Waals surface area contributed by atoms with E-state index in [1.807, 2.05) is 0 Å². The van der Waals surface area contributed by atoms with E-state index in [9.17, 15) is 14.5 Å². The molecule has 7 rings (SSSR count). The highest BCUT2D eigenvalue weighted by atomic mass is 16.6. The summed E-state index contributed by atoms with van der Waals surface area (Å²) in [5.41, 5.74) is -0.911. The Bertz CT molecular complexity index is 871. The first kappa shape index (κ1) is 17.4. The molecule has 0 amide bonds. The summed E-state index contributed by atoms with van der Waals surface area (Å²) in [6.07, 6.45) is 7.82. The van der Waals surface area contributed by atoms with Gasteiger partial charge in [-0.2, -0.15) is 4.91 Å². The van der Waals surface area contributed by atoms with Crippen LogP contribution in [-0.2, 0) is 14.3 Å². The molecule has 0 aromatic carbocycles. The molecule has 156 valence electrons. The van der Waals surface area contributed by atoms with E-state index in [0.717, 1.165) is 32.1 Å². The van der Waals surface area contributed by atoms with Crippen LogP contribution in [0.15, 0.2) is 5.18 Å². The first-order chi connectivity index (χ1) is 13.8. The Hall–Kier alpha value is -1.26. The maximum absolute atomic E-state index is 12.4. The second-order valence-electron chi connectivity index (χ2n) is 12.2. The molecule has 0 aromatic rings. The summed E-state index contributed by atoms with van der Waals surface area (Å²) in [6.45, 7) is 4.74. The molecule has 0 bridgehead atoms. The lowest BCUT2D eigenvalue weighted by Crippen LogP contribution is -2.64. The Kier molecular flexibility index (Phi) is 2.89. The van der Waals surface area contributed by atoms with Crippen molar-refractivity contribution in [3.05, 3.63) is 4.91 Å². The largest absolute Gasteiger partial charge is 0.458 e. The quantitative estimate of drug-likeness (QED) is 0.489. The van der Waals surface area contributed by atoms with Gasteiger partial charge in [-0.15, -0.1) is 0 Å². The number of carbonyl (C=O) groups excluding carboxylic acids is 2. The normalized spacial score (nSPS) is 63.7. The number of esters is 1. The zero-order valence-corrected chi connectivity index (χ0v) is 17.5. The fourth-order valence-electron chi connectivity index (χ4n) is 10.5. The van der Waals surface area contributed by atoms with Gasteiger partial charge >= 0.3 is 5.97 Å². The lowest BCUT2D eigenvalue weighted by molar-refractivity contribution is -0.187. The average molecular weight is 398 g/mol. The number of nitroso groups, excluding NO2 is 1. The van der Waals surface area contributed by atoms with Crippen LogP contribution >= 0.6 is 0 Å². The van der Waals surface area contributed by atoms with Gasteiger partial charge in [0.15, 0.2) is 0 Å². The monoisotopic (exact) mass is 397 g/mol. The number of hydrogen-bond acceptors (Lipinski definition) is 5. The van der Waals surface area contributed by atoms with Crippen LogP contribution in [0.4, 0.5) is 0 Å². The Morgan fingerprint density at radius 3 is 2.45 bits per heavy atom. The van der Waals surface area contributed by atoms with E-state index in [4.69, 9.17) is 4.74 Å². The summed E-state index contributed by atoms with van der Waals surface area (Å²) in [5.74, 6) is 4.10. The first-order valence-corrected chi connectivity index (χ1v) is 11.9. The van der Waals surface area contributed by atoms with Gasteiger partial charge in [-0.1, -0.05) is 19.0 Å². The number of ketones is 1. The average Bonchev–Trinajstić information content (AvgIpc) is 3.59. The second kappa shape index (κ2) is 4.80. The lowest BCUT2D eigenvalue weighted by Gasteiger charge is -2.63. The van der Waals surface area contributed by atoms with Crippen LogP contribution in [0.25, 0.3) is 0 Å². The standard InChI is InChI=1S/C24H31NO4/c1-21-6-3-12(26)11-23(21,25-28)16-9-13(16)19-15(21)4-7-22(2)20(19)14-10-17(14)24(22)8-5-18(27)29-24/h13-17,19-20H,3-11H2,1-2H3/t13-,14+,15?,16+,17-,19?,20?,21+,22-,23+,24-/m0/s1. The fraction of sp³-hybridized carbons (Fsp3) is 0.917. The van der Waals surface area contributed by atoms with Crippen LogP contribution in [0.5, 0.6) is 0 Å². The minimum Gasteiger partial charge on any atom is -0.458 e. The summed E-state index contributed by atoms with van der Waals surface area (Å²) < 4.78 is 6.20. The third-order valence-electron chi connectivity index (χ3n) is 11.8. The van der Waals surface area contributed by atoms with Crippen molar-refractivity contribution in [2.45, 2.75) is 82.8 Å². The molecule has 1 spiro atoms. The van der Waals surface area contributed by atoms with E-state index in [1.54, 1.807) is 0 Å². The molecule has 1 heterocycles. The van der Waals surface area contributed by atoms with Crippen LogP contribution in [0, 0.1) is 57.2 Å². The van der Waals surface area contributed by atoms with Crippen molar-refractivity contribution in [2.75, 3.05) is 0 Å². The van der Waals surface area contributed by atoms with E-state index in [0.29, 0.717) is 60.7 Å². The van der Waals surface area contributed by atoms with Crippen molar-refractivity contribution in [1.82, 2.24) is 0 Å². The Labute approximate surface area is 171 Å². The van der Waals surface area contributed by atoms with Gasteiger partial charge in [0.2, 0.25) is 0 Å². The topological polar surface area (TPSA) is 72.8 Å². The van der Waals surface area contributed by atoms with Crippen molar-refractivity contribution in [3.8, 4) is 0 Å². The van der Waals surface area contributed by atoms with E-state index >= 15 is 0 Å². The summed E-state index contributed by atoms with van der Waals surface area (Å²) in [7, 11) is 0. The summed E-state index contributed by atoms with van der Waals surface area (Å²) >= 11 is 0. The number of ether oxygens (including phenoxy) is 1. The van der Waals surface area contributed by atoms with Crippen molar-refractivity contribution in [3.63, 3.8) is 0 Å². The zero-order valence-electron chi connectivity index (χ0n) is 17.5. The van der Waals surface area contributed by atoms with Crippen molar-refractivity contribution < 1.29 is 14.3 Å².